The van der Waals surface area contributed by atoms with Gasteiger partial charge in [0.05, 0.1) is 29.5 Å². The van der Waals surface area contributed by atoms with Crippen LogP contribution in [0.5, 0.6) is 11.5 Å². The van der Waals surface area contributed by atoms with Crippen molar-refractivity contribution < 1.29 is 22.7 Å². The van der Waals surface area contributed by atoms with Crippen LogP contribution in [0.3, 0.4) is 0 Å². The number of ether oxygens (including phenoxy) is 2. The van der Waals surface area contributed by atoms with Crippen molar-refractivity contribution in [3.8, 4) is 11.5 Å². The summed E-state index contributed by atoms with van der Waals surface area (Å²) < 4.78 is 38.9. The Hall–Kier alpha value is -3.52. The molecule has 0 fully saturated rings. The Balaban J connectivity index is 1.94. The Morgan fingerprint density at radius 2 is 1.66 bits per heavy atom. The maximum Gasteiger partial charge on any atom is 0.264 e. The molecule has 0 aliphatic heterocycles. The molecule has 0 atom stereocenters. The summed E-state index contributed by atoms with van der Waals surface area (Å²) in [5, 5.41) is 2.77. The molecule has 0 heterocycles. The number of anilines is 2. The predicted molar refractivity (Wildman–Crippen MR) is 125 cm³/mol. The second-order valence-electron chi connectivity index (χ2n) is 7.24. The molecule has 3 rings (SSSR count). The number of nitrogens with one attached hydrogen (secondary N) is 1. The normalized spacial score (nSPS) is 11.1. The lowest BCUT2D eigenvalue weighted by Crippen LogP contribution is -2.38. The molecule has 0 radical (unpaired) electrons. The Morgan fingerprint density at radius 3 is 2.34 bits per heavy atom. The molecule has 0 aromatic heterocycles. The first kappa shape index (κ1) is 23.1. The number of carbonyl (C=O) groups is 1. The van der Waals surface area contributed by atoms with Gasteiger partial charge in [-0.2, -0.15) is 0 Å². The topological polar surface area (TPSA) is 84.9 Å². The van der Waals surface area contributed by atoms with Crippen molar-refractivity contribution in [3.05, 3.63) is 78.9 Å². The standard InChI is InChI=1S/C24H26N2O5S/c1-18(2)31-23-15-8-7-14-22(23)25-24(27)17-26(19-10-9-11-20(16-19)30-3)32(28,29)21-12-5-4-6-13-21/h4-16,18H,17H2,1-3H3,(H,25,27). The third kappa shape index (κ3) is 5.59. The van der Waals surface area contributed by atoms with Gasteiger partial charge in [0.2, 0.25) is 5.91 Å². The Morgan fingerprint density at radius 1 is 0.969 bits per heavy atom. The molecule has 1 N–H and O–H groups in total. The number of amides is 1. The maximum atomic E-state index is 13.4. The Labute approximate surface area is 188 Å². The summed E-state index contributed by atoms with van der Waals surface area (Å²) in [5.74, 6) is 0.480. The highest BCUT2D eigenvalue weighted by molar-refractivity contribution is 7.92. The predicted octanol–water partition coefficient (Wildman–Crippen LogP) is 4.32. The van der Waals surface area contributed by atoms with E-state index in [0.29, 0.717) is 22.9 Å². The van der Waals surface area contributed by atoms with Gasteiger partial charge in [0.25, 0.3) is 10.0 Å². The lowest BCUT2D eigenvalue weighted by atomic mass is 10.2. The van der Waals surface area contributed by atoms with Gasteiger partial charge >= 0.3 is 0 Å². The fourth-order valence-corrected chi connectivity index (χ4v) is 4.48. The molecule has 168 valence electrons. The van der Waals surface area contributed by atoms with Crippen molar-refractivity contribution in [2.75, 3.05) is 23.3 Å². The molecule has 32 heavy (non-hydrogen) atoms. The SMILES string of the molecule is COc1cccc(N(CC(=O)Nc2ccccc2OC(C)C)S(=O)(=O)c2ccccc2)c1. The first-order valence-corrected chi connectivity index (χ1v) is 11.5. The summed E-state index contributed by atoms with van der Waals surface area (Å²) in [7, 11) is -2.52. The highest BCUT2D eigenvalue weighted by Gasteiger charge is 2.27. The largest absolute Gasteiger partial charge is 0.497 e. The van der Waals surface area contributed by atoms with Gasteiger partial charge in [0.15, 0.2) is 0 Å². The molecule has 0 unspecified atom stereocenters. The van der Waals surface area contributed by atoms with Gasteiger partial charge in [0.1, 0.15) is 18.0 Å². The molecule has 0 bridgehead atoms. The second kappa shape index (κ2) is 10.2. The third-order valence-corrected chi connectivity index (χ3v) is 6.27. The van der Waals surface area contributed by atoms with Gasteiger partial charge in [-0.1, -0.05) is 36.4 Å². The van der Waals surface area contributed by atoms with E-state index in [-0.39, 0.29) is 11.0 Å². The number of nitrogens with zero attached hydrogens (tertiary/aromatic N) is 1. The highest BCUT2D eigenvalue weighted by atomic mass is 32.2. The number of para-hydroxylation sites is 2. The fraction of sp³-hybridized carbons (Fsp3) is 0.208. The zero-order chi connectivity index (χ0) is 23.1. The lowest BCUT2D eigenvalue weighted by molar-refractivity contribution is -0.114. The molecular weight excluding hydrogens is 428 g/mol. The average molecular weight is 455 g/mol. The minimum Gasteiger partial charge on any atom is -0.497 e. The molecule has 0 aliphatic rings. The zero-order valence-electron chi connectivity index (χ0n) is 18.2. The number of rotatable bonds is 9. The molecule has 8 heteroatoms. The minimum atomic E-state index is -4.01. The Bertz CT molecular complexity index is 1160. The van der Waals surface area contributed by atoms with Crippen molar-refractivity contribution in [2.24, 2.45) is 0 Å². The van der Waals surface area contributed by atoms with E-state index in [0.717, 1.165) is 4.31 Å². The number of carbonyl (C=O) groups excluding carboxylic acids is 1. The van der Waals surface area contributed by atoms with Crippen molar-refractivity contribution in [1.29, 1.82) is 0 Å². The van der Waals surface area contributed by atoms with Crippen LogP contribution in [0.25, 0.3) is 0 Å². The molecule has 0 aliphatic carbocycles. The smallest absolute Gasteiger partial charge is 0.264 e. The number of sulfonamides is 1. The lowest BCUT2D eigenvalue weighted by Gasteiger charge is -2.24. The number of hydrogen-bond acceptors (Lipinski definition) is 5. The van der Waals surface area contributed by atoms with Gasteiger partial charge in [-0.15, -0.1) is 0 Å². The quantitative estimate of drug-likeness (QED) is 0.521. The minimum absolute atomic E-state index is 0.0826. The monoisotopic (exact) mass is 454 g/mol. The van der Waals surface area contributed by atoms with E-state index in [1.807, 2.05) is 13.8 Å². The summed E-state index contributed by atoms with van der Waals surface area (Å²) >= 11 is 0. The molecule has 0 spiro atoms. The van der Waals surface area contributed by atoms with Crippen LogP contribution in [0, 0.1) is 0 Å². The number of benzene rings is 3. The summed E-state index contributed by atoms with van der Waals surface area (Å²) in [6, 6.07) is 21.6. The van der Waals surface area contributed by atoms with E-state index < -0.39 is 22.5 Å². The van der Waals surface area contributed by atoms with E-state index in [4.69, 9.17) is 9.47 Å². The van der Waals surface area contributed by atoms with E-state index in [9.17, 15) is 13.2 Å². The molecule has 7 nitrogen and oxygen atoms in total. The van der Waals surface area contributed by atoms with Gasteiger partial charge in [0, 0.05) is 6.07 Å². The molecule has 0 saturated heterocycles. The first-order chi connectivity index (χ1) is 15.3. The molecule has 3 aromatic rings. The summed E-state index contributed by atoms with van der Waals surface area (Å²) in [6.45, 7) is 3.34. The van der Waals surface area contributed by atoms with Gasteiger partial charge in [-0.25, -0.2) is 8.42 Å². The van der Waals surface area contributed by atoms with Gasteiger partial charge < -0.3 is 14.8 Å². The van der Waals surface area contributed by atoms with Crippen molar-refractivity contribution in [2.45, 2.75) is 24.8 Å². The van der Waals surface area contributed by atoms with E-state index in [1.54, 1.807) is 66.7 Å². The summed E-state index contributed by atoms with van der Waals surface area (Å²) in [4.78, 5) is 13.0. The van der Waals surface area contributed by atoms with Crippen molar-refractivity contribution in [3.63, 3.8) is 0 Å². The number of hydrogen-bond donors (Lipinski definition) is 1. The Kier molecular flexibility index (Phi) is 7.37. The van der Waals surface area contributed by atoms with Crippen LogP contribution in [0.4, 0.5) is 11.4 Å². The molecule has 1 amide bonds. The van der Waals surface area contributed by atoms with Crippen molar-refractivity contribution in [1.82, 2.24) is 0 Å². The van der Waals surface area contributed by atoms with E-state index >= 15 is 0 Å². The van der Waals surface area contributed by atoms with Crippen LogP contribution in [-0.4, -0.2) is 34.1 Å². The van der Waals surface area contributed by atoms with Gasteiger partial charge in [-0.3, -0.25) is 9.10 Å². The zero-order valence-corrected chi connectivity index (χ0v) is 19.0. The van der Waals surface area contributed by atoms with E-state index in [2.05, 4.69) is 5.32 Å². The van der Waals surface area contributed by atoms with Crippen LogP contribution in [0.1, 0.15) is 13.8 Å². The molecule has 3 aromatic carbocycles. The fourth-order valence-electron chi connectivity index (χ4n) is 3.05. The molecular formula is C24H26N2O5S. The van der Waals surface area contributed by atoms with Crippen molar-refractivity contribution >= 4 is 27.3 Å². The van der Waals surface area contributed by atoms with Crippen LogP contribution < -0.4 is 19.1 Å². The number of methoxy groups -OCH3 is 1. The third-order valence-electron chi connectivity index (χ3n) is 4.48. The average Bonchev–Trinajstić information content (AvgIpc) is 2.79. The maximum absolute atomic E-state index is 13.4. The highest BCUT2D eigenvalue weighted by Crippen LogP contribution is 2.28. The summed E-state index contributed by atoms with van der Waals surface area (Å²) in [5.41, 5.74) is 0.781. The molecule has 0 saturated carbocycles. The first-order valence-electron chi connectivity index (χ1n) is 10.1. The van der Waals surface area contributed by atoms with E-state index in [1.165, 1.54) is 19.2 Å². The van der Waals surface area contributed by atoms with Crippen LogP contribution in [0.2, 0.25) is 0 Å². The van der Waals surface area contributed by atoms with Gasteiger partial charge in [-0.05, 0) is 50.2 Å². The summed E-state index contributed by atoms with van der Waals surface area (Å²) in [6.07, 6.45) is -0.0835. The van der Waals surface area contributed by atoms with Crippen LogP contribution in [0.15, 0.2) is 83.8 Å². The second-order valence-corrected chi connectivity index (χ2v) is 9.10. The van der Waals surface area contributed by atoms with Crippen LogP contribution in [-0.2, 0) is 14.8 Å². The van der Waals surface area contributed by atoms with Crippen LogP contribution >= 0.6 is 0 Å².